The van der Waals surface area contributed by atoms with Gasteiger partial charge in [0.2, 0.25) is 11.0 Å². The van der Waals surface area contributed by atoms with Crippen molar-refractivity contribution in [2.24, 2.45) is 5.92 Å². The number of nitrogens with zero attached hydrogens (tertiary/aromatic N) is 2. The van der Waals surface area contributed by atoms with Crippen LogP contribution in [-0.2, 0) is 4.79 Å². The number of amides is 2. The van der Waals surface area contributed by atoms with Gasteiger partial charge >= 0.3 is 0 Å². The van der Waals surface area contributed by atoms with Crippen molar-refractivity contribution in [3.63, 3.8) is 0 Å². The first-order valence-electron chi connectivity index (χ1n) is 9.42. The summed E-state index contributed by atoms with van der Waals surface area (Å²) >= 11 is 1.30. The number of carbonyl (C=O) groups excluding carboxylic acids is 2. The van der Waals surface area contributed by atoms with E-state index in [4.69, 9.17) is 0 Å². The van der Waals surface area contributed by atoms with E-state index in [9.17, 15) is 9.59 Å². The van der Waals surface area contributed by atoms with Crippen LogP contribution in [0, 0.1) is 19.8 Å². The molecule has 1 heterocycles. The predicted molar refractivity (Wildman–Crippen MR) is 116 cm³/mol. The third-order valence-electron chi connectivity index (χ3n) is 4.50. The number of hydrogen-bond donors (Lipinski definition) is 2. The van der Waals surface area contributed by atoms with Crippen molar-refractivity contribution in [2.45, 2.75) is 33.7 Å². The zero-order valence-electron chi connectivity index (χ0n) is 16.9. The number of aromatic nitrogens is 2. The molecule has 1 atom stereocenters. The average molecular weight is 409 g/mol. The molecule has 0 aliphatic carbocycles. The first-order chi connectivity index (χ1) is 13.8. The summed E-state index contributed by atoms with van der Waals surface area (Å²) < 4.78 is 0. The molecule has 2 amide bonds. The van der Waals surface area contributed by atoms with Crippen LogP contribution in [0.25, 0.3) is 10.6 Å². The summed E-state index contributed by atoms with van der Waals surface area (Å²) in [6.45, 7) is 7.75. The standard InChI is InChI=1S/C22H24N4O2S/c1-13(2)18(23-19(27)16-9-5-14(3)6-10-16)20(28)24-22-26-25-21(29-22)17-11-7-15(4)8-12-17/h5-13,18H,1-4H3,(H,23,27)(H,24,26,28)/t18-/m0/s1. The van der Waals surface area contributed by atoms with Crippen LogP contribution in [0.1, 0.15) is 35.3 Å². The van der Waals surface area contributed by atoms with E-state index >= 15 is 0 Å². The topological polar surface area (TPSA) is 84.0 Å². The summed E-state index contributed by atoms with van der Waals surface area (Å²) in [5.74, 6) is -0.683. The maximum absolute atomic E-state index is 12.8. The quantitative estimate of drug-likeness (QED) is 0.640. The molecule has 0 bridgehead atoms. The van der Waals surface area contributed by atoms with Crippen molar-refractivity contribution in [2.75, 3.05) is 5.32 Å². The van der Waals surface area contributed by atoms with Gasteiger partial charge in [-0.1, -0.05) is 72.7 Å². The SMILES string of the molecule is Cc1ccc(C(=O)N[C@H](C(=O)Nc2nnc(-c3ccc(C)cc3)s2)C(C)C)cc1. The monoisotopic (exact) mass is 408 g/mol. The molecule has 0 radical (unpaired) electrons. The number of aryl methyl sites for hydroxylation is 2. The molecule has 0 spiro atoms. The van der Waals surface area contributed by atoms with E-state index in [-0.39, 0.29) is 17.7 Å². The normalized spacial score (nSPS) is 11.9. The fourth-order valence-corrected chi connectivity index (χ4v) is 3.49. The molecule has 7 heteroatoms. The molecule has 0 aliphatic heterocycles. The Hall–Kier alpha value is -3.06. The summed E-state index contributed by atoms with van der Waals surface area (Å²) in [6.07, 6.45) is 0. The second-order valence-corrected chi connectivity index (χ2v) is 8.31. The number of carbonyl (C=O) groups is 2. The van der Waals surface area contributed by atoms with Crippen molar-refractivity contribution in [3.8, 4) is 10.6 Å². The average Bonchev–Trinajstić information content (AvgIpc) is 3.15. The van der Waals surface area contributed by atoms with E-state index < -0.39 is 6.04 Å². The zero-order valence-corrected chi connectivity index (χ0v) is 17.7. The Labute approximate surface area is 174 Å². The molecule has 150 valence electrons. The van der Waals surface area contributed by atoms with Crippen LogP contribution in [0.3, 0.4) is 0 Å². The van der Waals surface area contributed by atoms with Crippen molar-refractivity contribution >= 4 is 28.3 Å². The first-order valence-corrected chi connectivity index (χ1v) is 10.2. The highest BCUT2D eigenvalue weighted by atomic mass is 32.1. The van der Waals surface area contributed by atoms with Crippen LogP contribution in [0.4, 0.5) is 5.13 Å². The largest absolute Gasteiger partial charge is 0.340 e. The smallest absolute Gasteiger partial charge is 0.251 e. The molecule has 2 N–H and O–H groups in total. The minimum absolute atomic E-state index is 0.0890. The Kier molecular flexibility index (Phi) is 6.39. The van der Waals surface area contributed by atoms with Gasteiger partial charge in [0, 0.05) is 11.1 Å². The molecule has 0 saturated carbocycles. The van der Waals surface area contributed by atoms with E-state index in [0.29, 0.717) is 10.7 Å². The summed E-state index contributed by atoms with van der Waals surface area (Å²) in [4.78, 5) is 25.3. The second-order valence-electron chi connectivity index (χ2n) is 7.33. The van der Waals surface area contributed by atoms with Gasteiger partial charge in [-0.15, -0.1) is 10.2 Å². The van der Waals surface area contributed by atoms with Crippen molar-refractivity contribution in [1.82, 2.24) is 15.5 Å². The number of benzene rings is 2. The zero-order chi connectivity index (χ0) is 21.0. The molecule has 0 saturated heterocycles. The summed E-state index contributed by atoms with van der Waals surface area (Å²) in [5.41, 5.74) is 3.70. The highest BCUT2D eigenvalue weighted by Crippen LogP contribution is 2.26. The third-order valence-corrected chi connectivity index (χ3v) is 5.39. The Morgan fingerprint density at radius 1 is 0.897 bits per heavy atom. The molecule has 0 fully saturated rings. The van der Waals surface area contributed by atoms with Crippen LogP contribution in [-0.4, -0.2) is 28.1 Å². The second kappa shape index (κ2) is 8.96. The lowest BCUT2D eigenvalue weighted by molar-refractivity contribution is -0.118. The van der Waals surface area contributed by atoms with Gasteiger partial charge < -0.3 is 5.32 Å². The molecule has 2 aromatic carbocycles. The van der Waals surface area contributed by atoms with Crippen LogP contribution >= 0.6 is 11.3 Å². The third kappa shape index (κ3) is 5.26. The molecule has 29 heavy (non-hydrogen) atoms. The van der Waals surface area contributed by atoms with Gasteiger partial charge in [0.25, 0.3) is 5.91 Å². The minimum atomic E-state index is -0.685. The van der Waals surface area contributed by atoms with Crippen LogP contribution < -0.4 is 10.6 Å². The Morgan fingerprint density at radius 2 is 1.48 bits per heavy atom. The lowest BCUT2D eigenvalue weighted by atomic mass is 10.0. The maximum Gasteiger partial charge on any atom is 0.251 e. The number of hydrogen-bond acceptors (Lipinski definition) is 5. The molecular weight excluding hydrogens is 384 g/mol. The van der Waals surface area contributed by atoms with Crippen LogP contribution in [0.15, 0.2) is 48.5 Å². The number of nitrogens with one attached hydrogen (secondary N) is 2. The van der Waals surface area contributed by atoms with Crippen molar-refractivity contribution in [3.05, 3.63) is 65.2 Å². The summed E-state index contributed by atoms with van der Waals surface area (Å²) in [6, 6.07) is 14.5. The fourth-order valence-electron chi connectivity index (χ4n) is 2.73. The molecule has 6 nitrogen and oxygen atoms in total. The van der Waals surface area contributed by atoms with E-state index in [0.717, 1.165) is 21.7 Å². The first kappa shape index (κ1) is 20.7. The Bertz CT molecular complexity index is 994. The van der Waals surface area contributed by atoms with Crippen LogP contribution in [0.2, 0.25) is 0 Å². The van der Waals surface area contributed by atoms with Gasteiger partial charge in [0.15, 0.2) is 0 Å². The fraction of sp³-hybridized carbons (Fsp3) is 0.273. The van der Waals surface area contributed by atoms with E-state index in [1.807, 2.05) is 64.1 Å². The van der Waals surface area contributed by atoms with Gasteiger partial charge in [-0.2, -0.15) is 0 Å². The van der Waals surface area contributed by atoms with Gasteiger partial charge in [-0.25, -0.2) is 0 Å². The highest BCUT2D eigenvalue weighted by Gasteiger charge is 2.25. The Morgan fingerprint density at radius 3 is 2.07 bits per heavy atom. The number of anilines is 1. The summed E-state index contributed by atoms with van der Waals surface area (Å²) in [7, 11) is 0. The molecule has 0 aliphatic rings. The van der Waals surface area contributed by atoms with Gasteiger partial charge in [0.05, 0.1) is 0 Å². The Balaban J connectivity index is 1.69. The minimum Gasteiger partial charge on any atom is -0.340 e. The van der Waals surface area contributed by atoms with E-state index in [1.165, 1.54) is 11.3 Å². The molecule has 0 unspecified atom stereocenters. The summed E-state index contributed by atoms with van der Waals surface area (Å²) in [5, 5.41) is 15.0. The van der Waals surface area contributed by atoms with E-state index in [2.05, 4.69) is 20.8 Å². The highest BCUT2D eigenvalue weighted by molar-refractivity contribution is 7.18. The molecule has 3 rings (SSSR count). The molecule has 3 aromatic rings. The van der Waals surface area contributed by atoms with E-state index in [1.54, 1.807) is 12.1 Å². The predicted octanol–water partition coefficient (Wildman–Crippen LogP) is 4.22. The van der Waals surface area contributed by atoms with Gasteiger partial charge in [-0.05, 0) is 31.9 Å². The molecular formula is C22H24N4O2S. The van der Waals surface area contributed by atoms with Crippen molar-refractivity contribution in [1.29, 1.82) is 0 Å². The van der Waals surface area contributed by atoms with Gasteiger partial charge in [-0.3, -0.25) is 14.9 Å². The molecule has 1 aromatic heterocycles. The lowest BCUT2D eigenvalue weighted by Crippen LogP contribution is -2.47. The van der Waals surface area contributed by atoms with Crippen molar-refractivity contribution < 1.29 is 9.59 Å². The van der Waals surface area contributed by atoms with Gasteiger partial charge in [0.1, 0.15) is 11.0 Å². The number of rotatable bonds is 6. The maximum atomic E-state index is 12.8. The lowest BCUT2D eigenvalue weighted by Gasteiger charge is -2.21. The van der Waals surface area contributed by atoms with Crippen LogP contribution in [0.5, 0.6) is 0 Å².